The van der Waals surface area contributed by atoms with E-state index in [1.807, 2.05) is 13.8 Å². The van der Waals surface area contributed by atoms with Crippen LogP contribution in [0.3, 0.4) is 0 Å². The van der Waals surface area contributed by atoms with Gasteiger partial charge < -0.3 is 9.47 Å². The summed E-state index contributed by atoms with van der Waals surface area (Å²) in [6.45, 7) is 5.03. The van der Waals surface area contributed by atoms with Crippen molar-refractivity contribution in [3.63, 3.8) is 0 Å². The predicted octanol–water partition coefficient (Wildman–Crippen LogP) is 3.66. The molecule has 3 rings (SSSR count). The van der Waals surface area contributed by atoms with Gasteiger partial charge in [0.05, 0.1) is 22.9 Å². The molecule has 0 amide bonds. The zero-order valence-electron chi connectivity index (χ0n) is 16.9. The van der Waals surface area contributed by atoms with Crippen molar-refractivity contribution in [1.82, 2.24) is 19.8 Å². The van der Waals surface area contributed by atoms with Gasteiger partial charge in [0, 0.05) is 7.05 Å². The van der Waals surface area contributed by atoms with Crippen LogP contribution < -0.4 is 15.2 Å². The minimum atomic E-state index is -4.57. The highest BCUT2D eigenvalue weighted by atomic mass is 19.4. The third-order valence-electron chi connectivity index (χ3n) is 4.24. The van der Waals surface area contributed by atoms with Gasteiger partial charge in [-0.1, -0.05) is 12.1 Å². The van der Waals surface area contributed by atoms with E-state index >= 15 is 0 Å². The molecule has 0 radical (unpaired) electrons. The van der Waals surface area contributed by atoms with Crippen molar-refractivity contribution in [3.05, 3.63) is 63.6 Å². The molecule has 0 spiro atoms. The zero-order chi connectivity index (χ0) is 22.1. The van der Waals surface area contributed by atoms with Crippen LogP contribution in [0.4, 0.5) is 13.2 Å². The van der Waals surface area contributed by atoms with Crippen LogP contribution in [-0.2, 0) is 19.8 Å². The summed E-state index contributed by atoms with van der Waals surface area (Å²) in [7, 11) is 1.44. The first-order chi connectivity index (χ1) is 14.1. The lowest BCUT2D eigenvalue weighted by Crippen LogP contribution is -2.23. The second-order valence-corrected chi connectivity index (χ2v) is 7.00. The molecule has 1 aromatic heterocycles. The summed E-state index contributed by atoms with van der Waals surface area (Å²) in [5.41, 5.74) is -0.0796. The van der Waals surface area contributed by atoms with Crippen molar-refractivity contribution in [2.45, 2.75) is 39.7 Å². The van der Waals surface area contributed by atoms with Gasteiger partial charge in [-0.25, -0.2) is 4.79 Å². The molecule has 0 saturated carbocycles. The summed E-state index contributed by atoms with van der Waals surface area (Å²) in [6.07, 6.45) is -4.77. The molecule has 7 nitrogen and oxygen atoms in total. The first kappa shape index (κ1) is 21.4. The van der Waals surface area contributed by atoms with Crippen LogP contribution >= 0.6 is 0 Å². The van der Waals surface area contributed by atoms with Crippen molar-refractivity contribution in [1.29, 1.82) is 0 Å². The van der Waals surface area contributed by atoms with E-state index in [0.717, 1.165) is 15.4 Å². The smallest absolute Gasteiger partial charge is 0.419 e. The number of halogens is 3. The maximum absolute atomic E-state index is 13.4. The van der Waals surface area contributed by atoms with E-state index in [0.29, 0.717) is 22.6 Å². The van der Waals surface area contributed by atoms with Gasteiger partial charge in [0.15, 0.2) is 0 Å². The number of rotatable bonds is 6. The van der Waals surface area contributed by atoms with Crippen molar-refractivity contribution in [2.24, 2.45) is 7.05 Å². The molecule has 160 valence electrons. The molecule has 0 bridgehead atoms. The van der Waals surface area contributed by atoms with E-state index < -0.39 is 17.4 Å². The maximum atomic E-state index is 13.4. The lowest BCUT2D eigenvalue weighted by Gasteiger charge is -2.19. The molecule has 3 aromatic rings. The predicted molar refractivity (Wildman–Crippen MR) is 103 cm³/mol. The summed E-state index contributed by atoms with van der Waals surface area (Å²) >= 11 is 0. The van der Waals surface area contributed by atoms with Crippen LogP contribution in [0.5, 0.6) is 11.5 Å². The maximum Gasteiger partial charge on any atom is 0.419 e. The lowest BCUT2D eigenvalue weighted by molar-refractivity contribution is -0.139. The highest BCUT2D eigenvalue weighted by Gasteiger charge is 2.34. The Morgan fingerprint density at radius 1 is 1.10 bits per heavy atom. The number of nitrogens with zero attached hydrogens (tertiary/aromatic N) is 4. The van der Waals surface area contributed by atoms with Gasteiger partial charge in [0.1, 0.15) is 18.1 Å². The number of aromatic nitrogens is 4. The molecule has 0 aliphatic carbocycles. The van der Waals surface area contributed by atoms with Gasteiger partial charge in [0.25, 0.3) is 0 Å². The molecule has 0 aliphatic rings. The number of tetrazole rings is 1. The minimum absolute atomic E-state index is 0.206. The van der Waals surface area contributed by atoms with Gasteiger partial charge in [-0.2, -0.15) is 22.5 Å². The summed E-state index contributed by atoms with van der Waals surface area (Å²) in [5.74, 6) is 0.0700. The molecule has 30 heavy (non-hydrogen) atoms. The molecule has 0 aliphatic heterocycles. The van der Waals surface area contributed by atoms with Gasteiger partial charge in [-0.3, -0.25) is 0 Å². The van der Waals surface area contributed by atoms with E-state index in [-0.39, 0.29) is 18.5 Å². The van der Waals surface area contributed by atoms with E-state index in [1.54, 1.807) is 25.1 Å². The number of hydrogen-bond donors (Lipinski definition) is 0. The standard InChI is InChI=1S/C20H21F3N4O3/c1-12(2)30-17-7-5-6-16(27-19(28)26(4)24-25-27)14(17)11-29-18-10-13(3)8-9-15(18)20(21,22)23/h5-10,12H,11H2,1-4H3. The van der Waals surface area contributed by atoms with E-state index in [1.165, 1.54) is 19.2 Å². The number of ether oxygens (including phenoxy) is 2. The first-order valence-electron chi connectivity index (χ1n) is 9.16. The average Bonchev–Trinajstić information content (AvgIpc) is 2.98. The fourth-order valence-corrected chi connectivity index (χ4v) is 2.86. The van der Waals surface area contributed by atoms with E-state index in [4.69, 9.17) is 9.47 Å². The zero-order valence-corrected chi connectivity index (χ0v) is 16.9. The summed E-state index contributed by atoms with van der Waals surface area (Å²) in [4.78, 5) is 12.3. The Balaban J connectivity index is 2.06. The van der Waals surface area contributed by atoms with Gasteiger partial charge >= 0.3 is 11.9 Å². The van der Waals surface area contributed by atoms with Crippen LogP contribution in [0.1, 0.15) is 30.5 Å². The summed E-state index contributed by atoms with van der Waals surface area (Å²) in [5, 5.41) is 7.51. The van der Waals surface area contributed by atoms with Crippen molar-refractivity contribution >= 4 is 0 Å². The van der Waals surface area contributed by atoms with Crippen molar-refractivity contribution in [3.8, 4) is 17.2 Å². The first-order valence-corrected chi connectivity index (χ1v) is 9.16. The highest BCUT2D eigenvalue weighted by Crippen LogP contribution is 2.37. The van der Waals surface area contributed by atoms with Crippen molar-refractivity contribution < 1.29 is 22.6 Å². The number of hydrogen-bond acceptors (Lipinski definition) is 5. The molecule has 10 heteroatoms. The van der Waals surface area contributed by atoms with Crippen LogP contribution in [0, 0.1) is 6.92 Å². The molecule has 0 saturated heterocycles. The van der Waals surface area contributed by atoms with Gasteiger partial charge in [-0.05, 0) is 61.0 Å². The number of alkyl halides is 3. The van der Waals surface area contributed by atoms with Gasteiger partial charge in [-0.15, -0.1) is 0 Å². The topological polar surface area (TPSA) is 71.2 Å². The Kier molecular flexibility index (Phi) is 5.86. The monoisotopic (exact) mass is 422 g/mol. The molecule has 0 atom stereocenters. The average molecular weight is 422 g/mol. The molecular formula is C20H21F3N4O3. The SMILES string of the molecule is Cc1ccc(C(F)(F)F)c(OCc2c(OC(C)C)cccc2-n2nnn(C)c2=O)c1. The number of aryl methyl sites for hydroxylation is 2. The quantitative estimate of drug-likeness (QED) is 0.606. The molecule has 0 N–H and O–H groups in total. The fourth-order valence-electron chi connectivity index (χ4n) is 2.86. The molecule has 0 fully saturated rings. The molecule has 1 heterocycles. The van der Waals surface area contributed by atoms with Crippen LogP contribution in [-0.4, -0.2) is 25.9 Å². The second-order valence-electron chi connectivity index (χ2n) is 7.00. The molecule has 0 unspecified atom stereocenters. The number of benzene rings is 2. The largest absolute Gasteiger partial charge is 0.491 e. The summed E-state index contributed by atoms with van der Waals surface area (Å²) in [6, 6.07) is 8.59. The Bertz CT molecular complexity index is 1100. The molecule has 2 aromatic carbocycles. The third kappa shape index (κ3) is 4.47. The van der Waals surface area contributed by atoms with Crippen LogP contribution in [0.25, 0.3) is 5.69 Å². The normalized spacial score (nSPS) is 11.7. The minimum Gasteiger partial charge on any atom is -0.491 e. The van der Waals surface area contributed by atoms with Crippen molar-refractivity contribution in [2.75, 3.05) is 0 Å². The van der Waals surface area contributed by atoms with E-state index in [2.05, 4.69) is 10.4 Å². The highest BCUT2D eigenvalue weighted by molar-refractivity contribution is 5.49. The second kappa shape index (κ2) is 8.21. The Morgan fingerprint density at radius 2 is 1.83 bits per heavy atom. The molecular weight excluding hydrogens is 401 g/mol. The summed E-state index contributed by atoms with van der Waals surface area (Å²) < 4.78 is 53.6. The van der Waals surface area contributed by atoms with Crippen LogP contribution in [0.2, 0.25) is 0 Å². The Hall–Kier alpha value is -3.30. The van der Waals surface area contributed by atoms with E-state index in [9.17, 15) is 18.0 Å². The van der Waals surface area contributed by atoms with Crippen LogP contribution in [0.15, 0.2) is 41.2 Å². The van der Waals surface area contributed by atoms with Gasteiger partial charge in [0.2, 0.25) is 0 Å². The fraction of sp³-hybridized carbons (Fsp3) is 0.350. The lowest BCUT2D eigenvalue weighted by atomic mass is 10.1. The third-order valence-corrected chi connectivity index (χ3v) is 4.24. The Labute approximate surface area is 170 Å². The Morgan fingerprint density at radius 3 is 2.43 bits per heavy atom.